The number of rotatable bonds is 7. The zero-order valence-corrected chi connectivity index (χ0v) is 11.0. The second-order valence-electron chi connectivity index (χ2n) is 3.97. The van der Waals surface area contributed by atoms with Gasteiger partial charge in [-0.1, -0.05) is 19.1 Å². The summed E-state index contributed by atoms with van der Waals surface area (Å²) in [6.45, 7) is 5.36. The van der Waals surface area contributed by atoms with E-state index in [0.29, 0.717) is 12.0 Å². The lowest BCUT2D eigenvalue weighted by Gasteiger charge is -2.08. The number of carbonyl (C=O) groups excluding carboxylic acids is 1. The molecule has 1 radical (unpaired) electrons. The number of benzene rings is 1. The molecule has 0 aliphatic heterocycles. The third-order valence-electron chi connectivity index (χ3n) is 2.62. The molecule has 1 atom stereocenters. The summed E-state index contributed by atoms with van der Waals surface area (Å²) in [5.41, 5.74) is 1.65. The van der Waals surface area contributed by atoms with E-state index in [9.17, 15) is 4.79 Å². The first-order valence-corrected chi connectivity index (χ1v) is 5.98. The number of carbonyl (C=O) groups is 1. The van der Waals surface area contributed by atoms with Gasteiger partial charge in [-0.3, -0.25) is 4.89 Å². The third kappa shape index (κ3) is 4.85. The highest BCUT2D eigenvalue weighted by atomic mass is 17.2. The molecule has 0 spiro atoms. The summed E-state index contributed by atoms with van der Waals surface area (Å²) in [6.07, 6.45) is 1.53. The Kier molecular flexibility index (Phi) is 6.39. The van der Waals surface area contributed by atoms with Crippen molar-refractivity contribution < 1.29 is 19.3 Å². The molecule has 4 nitrogen and oxygen atoms in total. The Morgan fingerprint density at radius 3 is 2.56 bits per heavy atom. The average Bonchev–Trinajstić information content (AvgIpc) is 2.43. The first-order valence-electron chi connectivity index (χ1n) is 5.98. The smallest absolute Gasteiger partial charge is 0.373 e. The summed E-state index contributed by atoms with van der Waals surface area (Å²) in [5, 5.41) is 0. The maximum atomic E-state index is 11.6. The Hall–Kier alpha value is -1.39. The van der Waals surface area contributed by atoms with Crippen LogP contribution in [0.4, 0.5) is 0 Å². The van der Waals surface area contributed by atoms with E-state index in [4.69, 9.17) is 9.62 Å². The zero-order chi connectivity index (χ0) is 13.4. The first-order chi connectivity index (χ1) is 8.67. The molecule has 0 aliphatic rings. The standard InChI is InChI=1S/C14H19O4/c1-4-12-5-7-13(8-6-12)14(15)18-17-10-9-11(2)16-3/h5-8,10-11H,4,9H2,1-3H3. The van der Waals surface area contributed by atoms with Crippen molar-refractivity contribution in [1.82, 2.24) is 0 Å². The lowest BCUT2D eigenvalue weighted by atomic mass is 10.1. The highest BCUT2D eigenvalue weighted by Gasteiger charge is 2.08. The van der Waals surface area contributed by atoms with Gasteiger partial charge in [-0.15, -0.1) is 0 Å². The predicted octanol–water partition coefficient (Wildman–Crippen LogP) is 2.92. The summed E-state index contributed by atoms with van der Waals surface area (Å²) in [7, 11) is 1.61. The quantitative estimate of drug-likeness (QED) is 0.424. The molecule has 0 aliphatic carbocycles. The van der Waals surface area contributed by atoms with Gasteiger partial charge in [-0.05, 0) is 31.0 Å². The fourth-order valence-corrected chi connectivity index (χ4v) is 1.27. The molecule has 0 fully saturated rings. The predicted molar refractivity (Wildman–Crippen MR) is 67.7 cm³/mol. The second-order valence-corrected chi connectivity index (χ2v) is 3.97. The van der Waals surface area contributed by atoms with E-state index in [1.54, 1.807) is 19.2 Å². The molecule has 1 aromatic rings. The van der Waals surface area contributed by atoms with Crippen molar-refractivity contribution in [2.75, 3.05) is 7.11 Å². The number of aryl methyl sites for hydroxylation is 1. The van der Waals surface area contributed by atoms with E-state index in [-0.39, 0.29) is 6.10 Å². The molecule has 0 saturated heterocycles. The molecule has 0 heterocycles. The highest BCUT2D eigenvalue weighted by Crippen LogP contribution is 2.08. The summed E-state index contributed by atoms with van der Waals surface area (Å²) in [4.78, 5) is 20.9. The van der Waals surface area contributed by atoms with E-state index in [2.05, 4.69) is 11.8 Å². The van der Waals surface area contributed by atoms with Crippen molar-refractivity contribution in [2.24, 2.45) is 0 Å². The highest BCUT2D eigenvalue weighted by molar-refractivity contribution is 5.88. The summed E-state index contributed by atoms with van der Waals surface area (Å²) >= 11 is 0. The lowest BCUT2D eigenvalue weighted by molar-refractivity contribution is -0.215. The van der Waals surface area contributed by atoms with Crippen molar-refractivity contribution in [2.45, 2.75) is 32.8 Å². The Bertz CT molecular complexity index is 359. The molecule has 0 bridgehead atoms. The van der Waals surface area contributed by atoms with Crippen LogP contribution < -0.4 is 0 Å². The average molecular weight is 251 g/mol. The molecular weight excluding hydrogens is 232 g/mol. The van der Waals surface area contributed by atoms with Gasteiger partial charge in [0.25, 0.3) is 0 Å². The molecule has 0 amide bonds. The van der Waals surface area contributed by atoms with Crippen molar-refractivity contribution in [3.8, 4) is 0 Å². The number of hydrogen-bond acceptors (Lipinski definition) is 4. The van der Waals surface area contributed by atoms with E-state index in [1.807, 2.05) is 19.1 Å². The van der Waals surface area contributed by atoms with Crippen LogP contribution in [-0.4, -0.2) is 19.2 Å². The van der Waals surface area contributed by atoms with Gasteiger partial charge in [0.1, 0.15) is 6.61 Å². The van der Waals surface area contributed by atoms with Gasteiger partial charge >= 0.3 is 5.97 Å². The second kappa shape index (κ2) is 7.84. The van der Waals surface area contributed by atoms with Crippen molar-refractivity contribution in [1.29, 1.82) is 0 Å². The normalized spacial score (nSPS) is 12.2. The molecule has 1 aromatic carbocycles. The van der Waals surface area contributed by atoms with Crippen LogP contribution in [0.3, 0.4) is 0 Å². The number of hydrogen-bond donors (Lipinski definition) is 0. The molecule has 0 saturated carbocycles. The van der Waals surface area contributed by atoms with Crippen LogP contribution in [0.25, 0.3) is 0 Å². The molecule has 99 valence electrons. The fraction of sp³-hybridized carbons (Fsp3) is 0.429. The number of ether oxygens (including phenoxy) is 1. The van der Waals surface area contributed by atoms with Crippen LogP contribution >= 0.6 is 0 Å². The summed E-state index contributed by atoms with van der Waals surface area (Å²) in [6, 6.07) is 7.24. The van der Waals surface area contributed by atoms with E-state index >= 15 is 0 Å². The van der Waals surface area contributed by atoms with Crippen LogP contribution in [0.15, 0.2) is 24.3 Å². The first kappa shape index (κ1) is 14.7. The Labute approximate surface area is 108 Å². The molecule has 1 rings (SSSR count). The molecule has 4 heteroatoms. The van der Waals surface area contributed by atoms with Gasteiger partial charge in [-0.25, -0.2) is 4.79 Å². The van der Waals surface area contributed by atoms with Gasteiger partial charge in [0.2, 0.25) is 0 Å². The van der Waals surface area contributed by atoms with E-state index in [0.717, 1.165) is 6.42 Å². The Morgan fingerprint density at radius 2 is 2.00 bits per heavy atom. The van der Waals surface area contributed by atoms with Crippen LogP contribution in [0.1, 0.15) is 36.2 Å². The Morgan fingerprint density at radius 1 is 1.33 bits per heavy atom. The summed E-state index contributed by atoms with van der Waals surface area (Å²) < 4.78 is 5.02. The minimum Gasteiger partial charge on any atom is -0.382 e. The molecule has 18 heavy (non-hydrogen) atoms. The van der Waals surface area contributed by atoms with Gasteiger partial charge in [0.05, 0.1) is 11.7 Å². The molecular formula is C14H19O4. The topological polar surface area (TPSA) is 44.8 Å². The van der Waals surface area contributed by atoms with E-state index in [1.165, 1.54) is 12.2 Å². The SMILES string of the molecule is CCc1ccc(C(=O)OO[CH]CC(C)OC)cc1. The third-order valence-corrected chi connectivity index (χ3v) is 2.62. The van der Waals surface area contributed by atoms with Gasteiger partial charge in [0, 0.05) is 13.5 Å². The minimum atomic E-state index is -0.501. The largest absolute Gasteiger partial charge is 0.382 e. The number of methoxy groups -OCH3 is 1. The van der Waals surface area contributed by atoms with Gasteiger partial charge in [0.15, 0.2) is 0 Å². The summed E-state index contributed by atoms with van der Waals surface area (Å²) in [5.74, 6) is -0.501. The van der Waals surface area contributed by atoms with Crippen molar-refractivity contribution in [3.05, 3.63) is 42.0 Å². The monoisotopic (exact) mass is 251 g/mol. The van der Waals surface area contributed by atoms with Crippen LogP contribution in [-0.2, 0) is 20.9 Å². The molecule has 0 N–H and O–H groups in total. The fourth-order valence-electron chi connectivity index (χ4n) is 1.27. The maximum Gasteiger partial charge on any atom is 0.373 e. The molecule has 0 aromatic heterocycles. The van der Waals surface area contributed by atoms with Crippen LogP contribution in [0.5, 0.6) is 0 Å². The van der Waals surface area contributed by atoms with Gasteiger partial charge < -0.3 is 4.74 Å². The molecule has 1 unspecified atom stereocenters. The van der Waals surface area contributed by atoms with E-state index < -0.39 is 5.97 Å². The van der Waals surface area contributed by atoms with Crippen LogP contribution in [0.2, 0.25) is 0 Å². The minimum absolute atomic E-state index is 0.0348. The van der Waals surface area contributed by atoms with Crippen LogP contribution in [0, 0.1) is 6.61 Å². The van der Waals surface area contributed by atoms with Gasteiger partial charge in [-0.2, -0.15) is 4.89 Å². The lowest BCUT2D eigenvalue weighted by Crippen LogP contribution is -2.09. The van der Waals surface area contributed by atoms with Crippen molar-refractivity contribution in [3.63, 3.8) is 0 Å². The maximum absolute atomic E-state index is 11.6. The van der Waals surface area contributed by atoms with Crippen molar-refractivity contribution >= 4 is 5.97 Å². The Balaban J connectivity index is 2.31. The zero-order valence-electron chi connectivity index (χ0n) is 11.0.